The van der Waals surface area contributed by atoms with Crippen LogP contribution in [0.15, 0.2) is 18.2 Å². The summed E-state index contributed by atoms with van der Waals surface area (Å²) in [6, 6.07) is 4.55. The van der Waals surface area contributed by atoms with E-state index in [9.17, 15) is 14.2 Å². The Morgan fingerprint density at radius 3 is 2.17 bits per heavy atom. The first-order valence-corrected chi connectivity index (χ1v) is 11.6. The van der Waals surface area contributed by atoms with Crippen molar-refractivity contribution >= 4 is 42.6 Å². The normalized spacial score (nSPS) is 12.3. The highest BCUT2D eigenvalue weighted by Crippen LogP contribution is 2.52. The zero-order valence-corrected chi connectivity index (χ0v) is 19.4. The molecule has 0 heterocycles. The van der Waals surface area contributed by atoms with E-state index in [0.29, 0.717) is 18.1 Å². The summed E-state index contributed by atoms with van der Waals surface area (Å²) in [7, 11) is -3.95. The zero-order chi connectivity index (χ0) is 22.0. The van der Waals surface area contributed by atoms with Gasteiger partial charge in [0.2, 0.25) is 5.78 Å². The van der Waals surface area contributed by atoms with Gasteiger partial charge in [-0.2, -0.15) is 0 Å². The number of hydrogen-bond acceptors (Lipinski definition) is 6. The van der Waals surface area contributed by atoms with E-state index >= 15 is 0 Å². The van der Waals surface area contributed by atoms with Crippen molar-refractivity contribution in [2.45, 2.75) is 33.5 Å². The SMILES string of the molecule is CCOP(=O)(OCC)C(NC(=O)COc1ccc(Cl)cc1Cl)C(=O)N(CC)CC. The zero-order valence-electron chi connectivity index (χ0n) is 16.9. The van der Waals surface area contributed by atoms with Crippen molar-refractivity contribution in [1.82, 2.24) is 10.2 Å². The van der Waals surface area contributed by atoms with Gasteiger partial charge in [0.15, 0.2) is 6.61 Å². The number of nitrogens with zero attached hydrogens (tertiary/aromatic N) is 1. The molecule has 1 atom stereocenters. The fraction of sp³-hybridized carbons (Fsp3) is 0.556. The first-order valence-electron chi connectivity index (χ1n) is 9.27. The highest BCUT2D eigenvalue weighted by molar-refractivity contribution is 7.55. The van der Waals surface area contributed by atoms with Crippen LogP contribution in [0.3, 0.4) is 0 Å². The predicted octanol–water partition coefficient (Wildman–Crippen LogP) is 3.95. The Balaban J connectivity index is 3.01. The third-order valence-corrected chi connectivity index (χ3v) is 6.54. The summed E-state index contributed by atoms with van der Waals surface area (Å²) in [5, 5.41) is 3.09. The molecule has 1 aromatic rings. The van der Waals surface area contributed by atoms with Gasteiger partial charge in [-0.3, -0.25) is 14.2 Å². The topological polar surface area (TPSA) is 94.2 Å². The fourth-order valence-electron chi connectivity index (χ4n) is 2.46. The molecular weight excluding hydrogens is 442 g/mol. The molecule has 0 spiro atoms. The lowest BCUT2D eigenvalue weighted by atomic mass is 10.3. The quantitative estimate of drug-likeness (QED) is 0.466. The summed E-state index contributed by atoms with van der Waals surface area (Å²) >= 11 is 11.8. The molecule has 1 aromatic carbocycles. The second-order valence-electron chi connectivity index (χ2n) is 5.72. The van der Waals surface area contributed by atoms with Crippen LogP contribution >= 0.6 is 30.8 Å². The molecule has 1 unspecified atom stereocenters. The monoisotopic (exact) mass is 468 g/mol. The largest absolute Gasteiger partial charge is 0.482 e. The number of ether oxygens (including phenoxy) is 1. The van der Waals surface area contributed by atoms with Crippen LogP contribution in [0.4, 0.5) is 0 Å². The summed E-state index contributed by atoms with van der Waals surface area (Å²) in [5.41, 5.74) is 0. The van der Waals surface area contributed by atoms with Crippen molar-refractivity contribution in [2.24, 2.45) is 0 Å². The van der Waals surface area contributed by atoms with Crippen LogP contribution in [0, 0.1) is 0 Å². The molecule has 8 nitrogen and oxygen atoms in total. The van der Waals surface area contributed by atoms with Gasteiger partial charge in [-0.05, 0) is 45.9 Å². The molecule has 164 valence electrons. The van der Waals surface area contributed by atoms with Crippen LogP contribution < -0.4 is 10.1 Å². The highest BCUT2D eigenvalue weighted by atomic mass is 35.5. The summed E-state index contributed by atoms with van der Waals surface area (Å²) in [4.78, 5) is 26.8. The van der Waals surface area contributed by atoms with Gasteiger partial charge in [0.1, 0.15) is 5.75 Å². The number of amides is 2. The number of carbonyl (C=O) groups excluding carboxylic acids is 2. The Morgan fingerprint density at radius 2 is 1.69 bits per heavy atom. The van der Waals surface area contributed by atoms with E-state index in [1.54, 1.807) is 33.8 Å². The number of halogens is 2. The van der Waals surface area contributed by atoms with Crippen LogP contribution in [0.5, 0.6) is 5.75 Å². The molecule has 0 aliphatic heterocycles. The Bertz CT molecular complexity index is 735. The van der Waals surface area contributed by atoms with Crippen molar-refractivity contribution in [1.29, 1.82) is 0 Å². The molecule has 0 fully saturated rings. The lowest BCUT2D eigenvalue weighted by Gasteiger charge is -2.30. The molecule has 0 aliphatic rings. The minimum Gasteiger partial charge on any atom is -0.482 e. The van der Waals surface area contributed by atoms with Gasteiger partial charge in [-0.15, -0.1) is 0 Å². The van der Waals surface area contributed by atoms with Crippen molar-refractivity contribution in [3.05, 3.63) is 28.2 Å². The average molecular weight is 469 g/mol. The molecular formula is C18H27Cl2N2O6P. The Labute approximate surface area is 181 Å². The summed E-state index contributed by atoms with van der Waals surface area (Å²) < 4.78 is 29.2. The Morgan fingerprint density at radius 1 is 1.10 bits per heavy atom. The van der Waals surface area contributed by atoms with Gasteiger partial charge in [0, 0.05) is 18.1 Å². The van der Waals surface area contributed by atoms with Gasteiger partial charge in [0.05, 0.1) is 18.2 Å². The Kier molecular flexibility index (Phi) is 11.0. The number of likely N-dealkylation sites (N-methyl/N-ethyl adjacent to an activating group) is 1. The average Bonchev–Trinajstić information content (AvgIpc) is 2.66. The molecule has 1 N–H and O–H groups in total. The second kappa shape index (κ2) is 12.4. The lowest BCUT2D eigenvalue weighted by Crippen LogP contribution is -2.50. The first-order chi connectivity index (χ1) is 13.7. The molecule has 0 aromatic heterocycles. The van der Waals surface area contributed by atoms with E-state index in [4.69, 9.17) is 37.0 Å². The van der Waals surface area contributed by atoms with Gasteiger partial charge in [0.25, 0.3) is 11.8 Å². The summed E-state index contributed by atoms with van der Waals surface area (Å²) in [6.45, 7) is 7.18. The molecule has 2 amide bonds. The molecule has 11 heteroatoms. The number of carbonyl (C=O) groups is 2. The van der Waals surface area contributed by atoms with E-state index in [0.717, 1.165) is 0 Å². The molecule has 0 radical (unpaired) electrons. The second-order valence-corrected chi connectivity index (χ2v) is 8.68. The van der Waals surface area contributed by atoms with E-state index in [-0.39, 0.29) is 24.0 Å². The van der Waals surface area contributed by atoms with E-state index in [1.807, 2.05) is 0 Å². The minimum atomic E-state index is -3.95. The maximum atomic E-state index is 13.2. The predicted molar refractivity (Wildman–Crippen MR) is 113 cm³/mol. The molecule has 0 bridgehead atoms. The van der Waals surface area contributed by atoms with Crippen molar-refractivity contribution in [3.8, 4) is 5.75 Å². The number of hydrogen-bond donors (Lipinski definition) is 1. The van der Waals surface area contributed by atoms with E-state index in [2.05, 4.69) is 5.32 Å². The van der Waals surface area contributed by atoms with Crippen LogP contribution in [0.25, 0.3) is 0 Å². The molecule has 0 aliphatic carbocycles. The maximum Gasteiger partial charge on any atom is 0.362 e. The maximum absolute atomic E-state index is 13.2. The van der Waals surface area contributed by atoms with Crippen LogP contribution in [-0.4, -0.2) is 55.4 Å². The fourth-order valence-corrected chi connectivity index (χ4v) is 4.75. The number of rotatable bonds is 12. The van der Waals surface area contributed by atoms with Crippen LogP contribution in [0.2, 0.25) is 10.0 Å². The molecule has 0 saturated heterocycles. The van der Waals surface area contributed by atoms with Gasteiger partial charge in [-0.1, -0.05) is 23.2 Å². The third kappa shape index (κ3) is 7.46. The smallest absolute Gasteiger partial charge is 0.362 e. The Hall–Kier alpha value is -1.31. The molecule has 29 heavy (non-hydrogen) atoms. The van der Waals surface area contributed by atoms with Gasteiger partial charge < -0.3 is 24.0 Å². The summed E-state index contributed by atoms with van der Waals surface area (Å²) in [5.74, 6) is -2.48. The molecule has 0 saturated carbocycles. The van der Waals surface area contributed by atoms with Crippen molar-refractivity contribution < 1.29 is 27.9 Å². The number of benzene rings is 1. The lowest BCUT2D eigenvalue weighted by molar-refractivity contribution is -0.134. The minimum absolute atomic E-state index is 0.0477. The third-order valence-electron chi connectivity index (χ3n) is 3.79. The van der Waals surface area contributed by atoms with Gasteiger partial charge in [-0.25, -0.2) is 0 Å². The van der Waals surface area contributed by atoms with Gasteiger partial charge >= 0.3 is 7.60 Å². The highest BCUT2D eigenvalue weighted by Gasteiger charge is 2.44. The van der Waals surface area contributed by atoms with Crippen LogP contribution in [-0.2, 0) is 23.2 Å². The van der Waals surface area contributed by atoms with E-state index in [1.165, 1.54) is 17.0 Å². The van der Waals surface area contributed by atoms with Crippen LogP contribution in [0.1, 0.15) is 27.7 Å². The van der Waals surface area contributed by atoms with Crippen molar-refractivity contribution in [2.75, 3.05) is 32.9 Å². The van der Waals surface area contributed by atoms with Crippen molar-refractivity contribution in [3.63, 3.8) is 0 Å². The van der Waals surface area contributed by atoms with E-state index < -0.39 is 31.8 Å². The summed E-state index contributed by atoms with van der Waals surface area (Å²) in [6.07, 6.45) is 0. The number of nitrogens with one attached hydrogen (secondary N) is 1. The first kappa shape index (κ1) is 25.7. The molecule has 1 rings (SSSR count). The standard InChI is InChI=1S/C18H27Cl2N2O6P/c1-5-22(6-2)18(24)17(29(25,27-7-3)28-8-4)21-16(23)12-26-15-10-9-13(19)11-14(15)20/h9-11,17H,5-8,12H2,1-4H3,(H,21,23).